The van der Waals surface area contributed by atoms with E-state index in [-0.39, 0.29) is 24.4 Å². The molecule has 1 fully saturated rings. The number of nitro benzene ring substituents is 1. The second-order valence-corrected chi connectivity index (χ2v) is 6.74. The number of aliphatic imine (C=N–C) groups is 1. The van der Waals surface area contributed by atoms with E-state index in [1.54, 1.807) is 13.8 Å². The van der Waals surface area contributed by atoms with E-state index in [4.69, 9.17) is 10.5 Å². The molecular formula is C16H16F2N4O3. The fraction of sp³-hybridized carbons (Fsp3) is 0.500. The number of fused-ring (bicyclic) bond motifs is 1. The molecule has 1 aromatic rings. The monoisotopic (exact) mass is 350 g/mol. The van der Waals surface area contributed by atoms with E-state index in [0.29, 0.717) is 6.07 Å². The van der Waals surface area contributed by atoms with Crippen molar-refractivity contribution in [2.24, 2.45) is 22.1 Å². The van der Waals surface area contributed by atoms with Gasteiger partial charge in [0.2, 0.25) is 0 Å². The van der Waals surface area contributed by atoms with Gasteiger partial charge in [0.1, 0.15) is 16.8 Å². The molecule has 1 aromatic carbocycles. The van der Waals surface area contributed by atoms with Gasteiger partial charge in [0, 0.05) is 17.5 Å². The van der Waals surface area contributed by atoms with Gasteiger partial charge in [-0.25, -0.2) is 8.78 Å². The molecule has 7 nitrogen and oxygen atoms in total. The molecule has 2 aliphatic heterocycles. The van der Waals surface area contributed by atoms with Gasteiger partial charge in [0.05, 0.1) is 29.8 Å². The lowest BCUT2D eigenvalue weighted by Crippen LogP contribution is -2.49. The Kier molecular flexibility index (Phi) is 3.76. The molecule has 0 amide bonds. The normalized spacial score (nSPS) is 34.1. The van der Waals surface area contributed by atoms with E-state index >= 15 is 0 Å². The summed E-state index contributed by atoms with van der Waals surface area (Å²) in [5.41, 5.74) is 2.65. The molecule has 2 aliphatic rings. The minimum Gasteiger partial charge on any atom is -0.386 e. The first-order chi connectivity index (χ1) is 11.6. The third kappa shape index (κ3) is 2.36. The molecule has 0 saturated carbocycles. The smallest absolute Gasteiger partial charge is 0.272 e. The second-order valence-electron chi connectivity index (χ2n) is 6.74. The van der Waals surface area contributed by atoms with E-state index in [1.165, 1.54) is 0 Å². The summed E-state index contributed by atoms with van der Waals surface area (Å²) >= 11 is 0. The lowest BCUT2D eigenvalue weighted by Gasteiger charge is -2.41. The van der Waals surface area contributed by atoms with Gasteiger partial charge in [-0.3, -0.25) is 15.1 Å². The lowest BCUT2D eigenvalue weighted by molar-refractivity contribution is -0.385. The first kappa shape index (κ1) is 17.2. The average molecular weight is 350 g/mol. The minimum absolute atomic E-state index is 0.0183. The van der Waals surface area contributed by atoms with Crippen molar-refractivity contribution in [3.05, 3.63) is 39.4 Å². The number of ether oxygens (including phenoxy) is 1. The Morgan fingerprint density at radius 1 is 1.52 bits per heavy atom. The molecule has 0 radical (unpaired) electrons. The van der Waals surface area contributed by atoms with Crippen molar-refractivity contribution >= 4 is 11.5 Å². The van der Waals surface area contributed by atoms with Crippen molar-refractivity contribution in [2.45, 2.75) is 31.9 Å². The summed E-state index contributed by atoms with van der Waals surface area (Å²) in [6.45, 7) is 3.26. The highest BCUT2D eigenvalue weighted by atomic mass is 19.2. The first-order valence-corrected chi connectivity index (χ1v) is 7.67. The number of nitrogens with two attached hydrogens (primary N) is 1. The topological polar surface area (TPSA) is 115 Å². The van der Waals surface area contributed by atoms with Crippen molar-refractivity contribution < 1.29 is 18.4 Å². The first-order valence-electron chi connectivity index (χ1n) is 7.67. The zero-order valence-electron chi connectivity index (χ0n) is 13.6. The Morgan fingerprint density at radius 2 is 2.20 bits per heavy atom. The largest absolute Gasteiger partial charge is 0.386 e. The SMILES string of the molecule is C[C@H]1OC[C@]2(c3cc([N+](=O)[O-])cc(F)c3F)N=C(N)[C@](C)(C#N)C[C@H]12. The van der Waals surface area contributed by atoms with Crippen molar-refractivity contribution in [1.29, 1.82) is 5.26 Å². The van der Waals surface area contributed by atoms with Crippen LogP contribution in [0.1, 0.15) is 25.8 Å². The fourth-order valence-electron chi connectivity index (χ4n) is 3.64. The molecule has 4 atom stereocenters. The molecular weight excluding hydrogens is 334 g/mol. The fourth-order valence-corrected chi connectivity index (χ4v) is 3.64. The molecule has 9 heteroatoms. The van der Waals surface area contributed by atoms with Crippen molar-refractivity contribution in [3.8, 4) is 6.07 Å². The van der Waals surface area contributed by atoms with E-state index in [0.717, 1.165) is 6.07 Å². The third-order valence-electron chi connectivity index (χ3n) is 5.20. The Balaban J connectivity index is 2.28. The Labute approximate surface area is 142 Å². The number of rotatable bonds is 2. The Bertz CT molecular complexity index is 837. The van der Waals surface area contributed by atoms with E-state index in [9.17, 15) is 24.2 Å². The van der Waals surface area contributed by atoms with Crippen molar-refractivity contribution in [3.63, 3.8) is 0 Å². The maximum absolute atomic E-state index is 14.6. The van der Waals surface area contributed by atoms with Crippen molar-refractivity contribution in [1.82, 2.24) is 0 Å². The van der Waals surface area contributed by atoms with Gasteiger partial charge in [0.15, 0.2) is 11.6 Å². The zero-order valence-corrected chi connectivity index (χ0v) is 13.6. The van der Waals surface area contributed by atoms with Gasteiger partial charge in [-0.1, -0.05) is 0 Å². The predicted octanol–water partition coefficient (Wildman–Crippen LogP) is 2.39. The van der Waals surface area contributed by atoms with Crippen LogP contribution in [-0.4, -0.2) is 23.5 Å². The molecule has 0 aromatic heterocycles. The maximum atomic E-state index is 14.6. The summed E-state index contributed by atoms with van der Waals surface area (Å²) in [6.07, 6.45) is -0.171. The van der Waals surface area contributed by atoms with E-state index in [2.05, 4.69) is 11.1 Å². The summed E-state index contributed by atoms with van der Waals surface area (Å²) < 4.78 is 34.1. The van der Waals surface area contributed by atoms with Crippen LogP contribution in [0, 0.1) is 44.4 Å². The number of non-ortho nitro benzene ring substituents is 1. The third-order valence-corrected chi connectivity index (χ3v) is 5.20. The van der Waals surface area contributed by atoms with E-state index < -0.39 is 45.2 Å². The molecule has 1 saturated heterocycles. The summed E-state index contributed by atoms with van der Waals surface area (Å²) in [6, 6.07) is 3.60. The number of hydrogen-bond donors (Lipinski definition) is 1. The van der Waals surface area contributed by atoms with Crippen LogP contribution in [0.25, 0.3) is 0 Å². The van der Waals surface area contributed by atoms with Crippen LogP contribution < -0.4 is 5.73 Å². The molecule has 2 heterocycles. The summed E-state index contributed by atoms with van der Waals surface area (Å²) in [4.78, 5) is 14.6. The Hall–Kier alpha value is -2.60. The number of nitro groups is 1. The molecule has 25 heavy (non-hydrogen) atoms. The average Bonchev–Trinajstić information content (AvgIpc) is 2.87. The van der Waals surface area contributed by atoms with Gasteiger partial charge in [0.25, 0.3) is 5.69 Å². The lowest BCUT2D eigenvalue weighted by atomic mass is 9.67. The van der Waals surface area contributed by atoms with Crippen LogP contribution in [0.15, 0.2) is 17.1 Å². The number of nitrogens with zero attached hydrogens (tertiary/aromatic N) is 3. The molecule has 0 bridgehead atoms. The highest BCUT2D eigenvalue weighted by Gasteiger charge is 2.57. The Morgan fingerprint density at radius 3 is 2.80 bits per heavy atom. The van der Waals surface area contributed by atoms with E-state index in [1.807, 2.05) is 0 Å². The summed E-state index contributed by atoms with van der Waals surface area (Å²) in [5, 5.41) is 20.5. The molecule has 0 spiro atoms. The summed E-state index contributed by atoms with van der Waals surface area (Å²) in [7, 11) is 0. The van der Waals surface area contributed by atoms with Crippen LogP contribution in [0.3, 0.4) is 0 Å². The van der Waals surface area contributed by atoms with Crippen LogP contribution in [0.2, 0.25) is 0 Å². The summed E-state index contributed by atoms with van der Waals surface area (Å²) in [5.74, 6) is -3.04. The van der Waals surface area contributed by atoms with Crippen LogP contribution in [0.4, 0.5) is 14.5 Å². The van der Waals surface area contributed by atoms with Crippen LogP contribution in [-0.2, 0) is 10.3 Å². The maximum Gasteiger partial charge on any atom is 0.272 e. The van der Waals surface area contributed by atoms with Gasteiger partial charge in [-0.15, -0.1) is 0 Å². The predicted molar refractivity (Wildman–Crippen MR) is 83.6 cm³/mol. The molecule has 0 unspecified atom stereocenters. The molecule has 2 N–H and O–H groups in total. The van der Waals surface area contributed by atoms with Crippen LogP contribution in [0.5, 0.6) is 0 Å². The highest BCUT2D eigenvalue weighted by molar-refractivity contribution is 5.90. The molecule has 132 valence electrons. The molecule has 3 rings (SSSR count). The minimum atomic E-state index is -1.39. The zero-order chi connectivity index (χ0) is 18.6. The van der Waals surface area contributed by atoms with Gasteiger partial charge < -0.3 is 10.5 Å². The van der Waals surface area contributed by atoms with Gasteiger partial charge >= 0.3 is 0 Å². The number of benzene rings is 1. The van der Waals surface area contributed by atoms with Gasteiger partial charge in [-0.05, 0) is 20.3 Å². The number of halogens is 2. The van der Waals surface area contributed by atoms with Gasteiger partial charge in [-0.2, -0.15) is 5.26 Å². The quantitative estimate of drug-likeness (QED) is 0.649. The number of amidine groups is 1. The van der Waals surface area contributed by atoms with Crippen molar-refractivity contribution in [2.75, 3.05) is 6.61 Å². The van der Waals surface area contributed by atoms with Crippen LogP contribution >= 0.6 is 0 Å². The number of hydrogen-bond acceptors (Lipinski definition) is 6. The second kappa shape index (κ2) is 5.46. The standard InChI is InChI=1S/C16H16F2N4O3/c1-8-11-5-15(2,6-19)14(20)21-16(11,7-25-8)10-3-9(22(23)24)4-12(17)13(10)18/h3-4,8,11H,5,7H2,1-2H3,(H2,20,21)/t8-,11-,15+,16-/m1/s1. The molecule has 0 aliphatic carbocycles. The highest BCUT2D eigenvalue weighted by Crippen LogP contribution is 2.52. The number of nitriles is 1.